The zero-order valence-corrected chi connectivity index (χ0v) is 20.0. The van der Waals surface area contributed by atoms with Gasteiger partial charge in [-0.25, -0.2) is 13.1 Å². The molecule has 0 saturated carbocycles. The quantitative estimate of drug-likeness (QED) is 0.320. The lowest BCUT2D eigenvalue weighted by Crippen LogP contribution is -2.33. The molecule has 0 atom stereocenters. The molecule has 0 aliphatic carbocycles. The third-order valence-electron chi connectivity index (χ3n) is 4.73. The zero-order valence-electron chi connectivity index (χ0n) is 19.2. The van der Waals surface area contributed by atoms with Crippen LogP contribution in [-0.2, 0) is 26.0 Å². The maximum Gasteiger partial charge on any atom is 0.325 e. The number of benzene rings is 1. The van der Waals surface area contributed by atoms with E-state index in [-0.39, 0.29) is 30.0 Å². The van der Waals surface area contributed by atoms with Gasteiger partial charge in [0.1, 0.15) is 18.0 Å². The number of carbonyl (C=O) groups is 3. The van der Waals surface area contributed by atoms with Crippen molar-refractivity contribution in [3.8, 4) is 5.75 Å². The molecule has 0 aliphatic rings. The number of methoxy groups -OCH3 is 1. The molecule has 0 aliphatic heterocycles. The third kappa shape index (κ3) is 9.18. The molecule has 0 bridgehead atoms. The first-order chi connectivity index (χ1) is 16.2. The van der Waals surface area contributed by atoms with E-state index < -0.39 is 27.8 Å². The lowest BCUT2D eigenvalue weighted by molar-refractivity contribution is -0.142. The Morgan fingerprint density at radius 3 is 2.35 bits per heavy atom. The summed E-state index contributed by atoms with van der Waals surface area (Å²) in [5.74, 6) is -1.66. The summed E-state index contributed by atoms with van der Waals surface area (Å²) in [4.78, 5) is 39.9. The first kappa shape index (κ1) is 26.8. The van der Waals surface area contributed by atoms with Crippen molar-refractivity contribution in [2.45, 2.75) is 32.6 Å². The second-order valence-corrected chi connectivity index (χ2v) is 9.23. The first-order valence-corrected chi connectivity index (χ1v) is 12.5. The van der Waals surface area contributed by atoms with Gasteiger partial charge in [0.05, 0.1) is 25.0 Å². The van der Waals surface area contributed by atoms with Crippen molar-refractivity contribution in [2.24, 2.45) is 0 Å². The molecule has 0 saturated heterocycles. The number of pyridine rings is 1. The molecule has 2 aromatic rings. The minimum Gasteiger partial charge on any atom is -0.497 e. The minimum absolute atomic E-state index is 0.0279. The lowest BCUT2D eigenvalue weighted by Gasteiger charge is -2.08. The summed E-state index contributed by atoms with van der Waals surface area (Å²) in [6, 6.07) is 9.48. The summed E-state index contributed by atoms with van der Waals surface area (Å²) in [6.07, 6.45) is 4.02. The van der Waals surface area contributed by atoms with Crippen LogP contribution >= 0.6 is 0 Å². The van der Waals surface area contributed by atoms with Crippen LogP contribution in [0.15, 0.2) is 42.6 Å². The van der Waals surface area contributed by atoms with Crippen LogP contribution in [0, 0.1) is 0 Å². The van der Waals surface area contributed by atoms with Gasteiger partial charge in [0, 0.05) is 6.20 Å². The summed E-state index contributed by atoms with van der Waals surface area (Å²) < 4.78 is 36.6. The van der Waals surface area contributed by atoms with Crippen molar-refractivity contribution in [2.75, 3.05) is 26.0 Å². The van der Waals surface area contributed by atoms with Crippen LogP contribution in [-0.4, -0.2) is 57.2 Å². The van der Waals surface area contributed by atoms with Gasteiger partial charge in [0.2, 0.25) is 10.0 Å². The molecule has 2 N–H and O–H groups in total. The van der Waals surface area contributed by atoms with Crippen molar-refractivity contribution in [1.82, 2.24) is 15.0 Å². The van der Waals surface area contributed by atoms with Crippen LogP contribution in [0.1, 0.15) is 52.6 Å². The highest BCUT2D eigenvalue weighted by Crippen LogP contribution is 2.12. The molecule has 184 valence electrons. The van der Waals surface area contributed by atoms with Gasteiger partial charge >= 0.3 is 5.97 Å². The van der Waals surface area contributed by atoms with E-state index in [1.807, 2.05) is 11.6 Å². The normalized spacial score (nSPS) is 10.9. The Bertz CT molecular complexity index is 1070. The maximum absolute atomic E-state index is 12.3. The fraction of sp³-hybridized carbons (Fsp3) is 0.391. The fourth-order valence-electron chi connectivity index (χ4n) is 2.79. The van der Waals surface area contributed by atoms with Crippen LogP contribution in [0.5, 0.6) is 5.75 Å². The van der Waals surface area contributed by atoms with E-state index in [2.05, 4.69) is 10.3 Å². The second kappa shape index (κ2) is 13.3. The number of amides is 2. The number of esters is 1. The first-order valence-electron chi connectivity index (χ1n) is 10.8. The van der Waals surface area contributed by atoms with Crippen LogP contribution in [0.4, 0.5) is 0 Å². The van der Waals surface area contributed by atoms with Gasteiger partial charge in [-0.1, -0.05) is 31.9 Å². The molecule has 1 aromatic carbocycles. The molecule has 2 rings (SSSR count). The van der Waals surface area contributed by atoms with Gasteiger partial charge in [-0.2, -0.15) is 0 Å². The summed E-state index contributed by atoms with van der Waals surface area (Å²) in [5, 5.41) is 2.39. The Morgan fingerprint density at radius 2 is 1.74 bits per heavy atom. The molecular weight excluding hydrogens is 462 g/mol. The van der Waals surface area contributed by atoms with Gasteiger partial charge in [0.15, 0.2) is 0 Å². The average molecular weight is 492 g/mol. The molecule has 11 heteroatoms. The van der Waals surface area contributed by atoms with Crippen LogP contribution < -0.4 is 14.8 Å². The molecule has 10 nitrogen and oxygen atoms in total. The minimum atomic E-state index is -3.89. The van der Waals surface area contributed by atoms with E-state index in [4.69, 9.17) is 9.47 Å². The van der Waals surface area contributed by atoms with E-state index in [0.717, 1.165) is 31.0 Å². The zero-order chi connectivity index (χ0) is 25.0. The van der Waals surface area contributed by atoms with Gasteiger partial charge in [-0.15, -0.1) is 0 Å². The summed E-state index contributed by atoms with van der Waals surface area (Å²) >= 11 is 0. The monoisotopic (exact) mass is 491 g/mol. The number of hydrogen-bond acceptors (Lipinski definition) is 8. The highest BCUT2D eigenvalue weighted by molar-refractivity contribution is 7.90. The molecule has 1 heterocycles. The fourth-order valence-corrected chi connectivity index (χ4v) is 3.80. The summed E-state index contributed by atoms with van der Waals surface area (Å²) in [5.41, 5.74) is 0.720. The van der Waals surface area contributed by atoms with Crippen LogP contribution in [0.2, 0.25) is 0 Å². The van der Waals surface area contributed by atoms with Crippen molar-refractivity contribution in [3.63, 3.8) is 0 Å². The lowest BCUT2D eigenvalue weighted by atomic mass is 10.2. The van der Waals surface area contributed by atoms with Gasteiger partial charge in [-0.3, -0.25) is 19.4 Å². The van der Waals surface area contributed by atoms with E-state index in [0.29, 0.717) is 12.4 Å². The van der Waals surface area contributed by atoms with Crippen LogP contribution in [0.3, 0.4) is 0 Å². The number of aryl methyl sites for hydroxylation is 1. The predicted molar refractivity (Wildman–Crippen MR) is 125 cm³/mol. The molecule has 0 spiro atoms. The number of rotatable bonds is 13. The SMILES string of the molecule is CCCCCOC(=O)CNC(=O)c1ccc(C(=O)NS(=O)(=O)CCc2ccc(OC)cc2)cn1. The summed E-state index contributed by atoms with van der Waals surface area (Å²) in [6.45, 7) is 2.03. The van der Waals surface area contributed by atoms with E-state index in [9.17, 15) is 22.8 Å². The number of sulfonamides is 1. The number of carbonyl (C=O) groups excluding carboxylic acids is 3. The Labute approximate surface area is 199 Å². The van der Waals surface area contributed by atoms with Gasteiger partial charge in [-0.05, 0) is 42.7 Å². The molecule has 2 amide bonds. The Kier molecular flexibility index (Phi) is 10.5. The Morgan fingerprint density at radius 1 is 1.00 bits per heavy atom. The highest BCUT2D eigenvalue weighted by atomic mass is 32.2. The molecular formula is C23H29N3O7S. The molecule has 0 unspecified atom stereocenters. The highest BCUT2D eigenvalue weighted by Gasteiger charge is 2.18. The largest absolute Gasteiger partial charge is 0.497 e. The number of nitrogens with one attached hydrogen (secondary N) is 2. The maximum atomic E-state index is 12.3. The molecule has 34 heavy (non-hydrogen) atoms. The van der Waals surface area contributed by atoms with Crippen molar-refractivity contribution >= 4 is 27.8 Å². The van der Waals surface area contributed by atoms with Crippen molar-refractivity contribution in [1.29, 1.82) is 0 Å². The number of hydrogen-bond donors (Lipinski definition) is 2. The Balaban J connectivity index is 1.82. The third-order valence-corrected chi connectivity index (χ3v) is 5.97. The number of aromatic nitrogens is 1. The predicted octanol–water partition coefficient (Wildman–Crippen LogP) is 1.86. The average Bonchev–Trinajstić information content (AvgIpc) is 2.84. The summed E-state index contributed by atoms with van der Waals surface area (Å²) in [7, 11) is -2.35. The smallest absolute Gasteiger partial charge is 0.325 e. The van der Waals surface area contributed by atoms with E-state index >= 15 is 0 Å². The molecule has 1 aromatic heterocycles. The van der Waals surface area contributed by atoms with Crippen molar-refractivity contribution in [3.05, 3.63) is 59.4 Å². The second-order valence-electron chi connectivity index (χ2n) is 7.39. The molecule has 0 fully saturated rings. The van der Waals surface area contributed by atoms with Crippen LogP contribution in [0.25, 0.3) is 0 Å². The number of ether oxygens (including phenoxy) is 2. The topological polar surface area (TPSA) is 141 Å². The van der Waals surface area contributed by atoms with Gasteiger partial charge < -0.3 is 14.8 Å². The van der Waals surface area contributed by atoms with E-state index in [1.165, 1.54) is 19.2 Å². The number of nitrogens with zero attached hydrogens (tertiary/aromatic N) is 1. The van der Waals surface area contributed by atoms with E-state index in [1.54, 1.807) is 24.3 Å². The van der Waals surface area contributed by atoms with Crippen molar-refractivity contribution < 1.29 is 32.3 Å². The molecule has 0 radical (unpaired) electrons. The standard InChI is InChI=1S/C23H29N3O7S/c1-3-4-5-13-33-21(27)16-25-23(29)20-11-8-18(15-24-20)22(28)26-34(30,31)14-12-17-6-9-19(32-2)10-7-17/h6-11,15H,3-5,12-14,16H2,1-2H3,(H,25,29)(H,26,28). The number of unbranched alkanes of at least 4 members (excludes halogenated alkanes) is 2. The van der Waals surface area contributed by atoms with Gasteiger partial charge in [0.25, 0.3) is 11.8 Å². The Hall–Kier alpha value is -3.47.